The molecule has 0 unspecified atom stereocenters. The quantitative estimate of drug-likeness (QED) is 0.665. The summed E-state index contributed by atoms with van der Waals surface area (Å²) >= 11 is 5.26. The van der Waals surface area contributed by atoms with Gasteiger partial charge < -0.3 is 4.74 Å². The van der Waals surface area contributed by atoms with Gasteiger partial charge in [-0.2, -0.15) is 0 Å². The second-order valence-corrected chi connectivity index (χ2v) is 9.06. The molecule has 0 N–H and O–H groups in total. The number of rotatable bonds is 2. The van der Waals surface area contributed by atoms with E-state index in [-0.39, 0.29) is 11.8 Å². The van der Waals surface area contributed by atoms with Gasteiger partial charge in [0.25, 0.3) is 5.91 Å². The molecule has 2 fully saturated rings. The molecule has 2 atom stereocenters. The molecule has 1 aliphatic heterocycles. The van der Waals surface area contributed by atoms with Gasteiger partial charge in [0, 0.05) is 12.3 Å². The SMILES string of the molecule is CC(C)(C)OC(=O)N1C(=O)C(=S)C[C@@]12C[C@@H]2c1ccc(-c2ccccc2)cc1. The van der Waals surface area contributed by atoms with Crippen LogP contribution in [0.15, 0.2) is 54.6 Å². The van der Waals surface area contributed by atoms with Gasteiger partial charge in [0.05, 0.1) is 10.4 Å². The first-order chi connectivity index (χ1) is 13.2. The molecule has 5 heteroatoms. The molecule has 1 saturated carbocycles. The third kappa shape index (κ3) is 3.24. The van der Waals surface area contributed by atoms with Gasteiger partial charge in [0.1, 0.15) is 5.60 Å². The summed E-state index contributed by atoms with van der Waals surface area (Å²) in [5.74, 6) is -0.290. The average molecular weight is 394 g/mol. The third-order valence-electron chi connectivity index (χ3n) is 5.40. The van der Waals surface area contributed by atoms with E-state index in [1.54, 1.807) is 20.8 Å². The molecule has 28 heavy (non-hydrogen) atoms. The summed E-state index contributed by atoms with van der Waals surface area (Å²) in [5, 5.41) is 0. The van der Waals surface area contributed by atoms with Crippen molar-refractivity contribution in [2.24, 2.45) is 0 Å². The Morgan fingerprint density at radius 1 is 1.07 bits per heavy atom. The van der Waals surface area contributed by atoms with Gasteiger partial charge in [-0.15, -0.1) is 0 Å². The molecule has 4 rings (SSSR count). The maximum absolute atomic E-state index is 12.7. The van der Waals surface area contributed by atoms with E-state index < -0.39 is 17.2 Å². The first-order valence-corrected chi connectivity index (χ1v) is 9.88. The molecule has 2 aromatic carbocycles. The lowest BCUT2D eigenvalue weighted by molar-refractivity contribution is -0.123. The number of hydrogen-bond acceptors (Lipinski definition) is 4. The number of benzene rings is 2. The van der Waals surface area contributed by atoms with Crippen LogP contribution in [0, 0.1) is 0 Å². The van der Waals surface area contributed by atoms with Crippen LogP contribution in [0.3, 0.4) is 0 Å². The smallest absolute Gasteiger partial charge is 0.417 e. The number of likely N-dealkylation sites (tertiary alicyclic amines) is 1. The van der Waals surface area contributed by atoms with Crippen LogP contribution in [0.2, 0.25) is 0 Å². The van der Waals surface area contributed by atoms with Gasteiger partial charge in [-0.3, -0.25) is 4.79 Å². The number of hydrogen-bond donors (Lipinski definition) is 0. The van der Waals surface area contributed by atoms with Crippen LogP contribution in [-0.2, 0) is 9.53 Å². The van der Waals surface area contributed by atoms with Crippen molar-refractivity contribution in [1.82, 2.24) is 4.90 Å². The Hall–Kier alpha value is -2.53. The number of carbonyl (C=O) groups excluding carboxylic acids is 2. The molecule has 0 aromatic heterocycles. The Bertz CT molecular complexity index is 946. The van der Waals surface area contributed by atoms with Crippen LogP contribution in [0.25, 0.3) is 11.1 Å². The number of amides is 2. The minimum atomic E-state index is -0.662. The van der Waals surface area contributed by atoms with Crippen molar-refractivity contribution < 1.29 is 14.3 Å². The number of carbonyl (C=O) groups is 2. The molecule has 1 saturated heterocycles. The highest BCUT2D eigenvalue weighted by molar-refractivity contribution is 7.82. The number of imide groups is 1. The Balaban J connectivity index is 1.59. The maximum Gasteiger partial charge on any atom is 0.417 e. The van der Waals surface area contributed by atoms with E-state index in [0.717, 1.165) is 23.1 Å². The van der Waals surface area contributed by atoms with Crippen LogP contribution < -0.4 is 0 Å². The fraction of sp³-hybridized carbons (Fsp3) is 0.348. The molecule has 2 amide bonds. The van der Waals surface area contributed by atoms with Crippen LogP contribution in [0.1, 0.15) is 45.1 Å². The fourth-order valence-electron chi connectivity index (χ4n) is 4.04. The minimum absolute atomic E-state index is 0.0919. The van der Waals surface area contributed by atoms with Crippen LogP contribution in [-0.4, -0.2) is 32.9 Å². The predicted molar refractivity (Wildman–Crippen MR) is 112 cm³/mol. The van der Waals surface area contributed by atoms with Crippen molar-refractivity contribution in [2.45, 2.75) is 50.7 Å². The largest absolute Gasteiger partial charge is 0.443 e. The normalized spacial score (nSPS) is 24.0. The van der Waals surface area contributed by atoms with Gasteiger partial charge in [-0.05, 0) is 43.9 Å². The molecule has 2 aliphatic rings. The first-order valence-electron chi connectivity index (χ1n) is 9.47. The second kappa shape index (κ2) is 6.52. The summed E-state index contributed by atoms with van der Waals surface area (Å²) in [6.07, 6.45) is 0.565. The molecule has 1 spiro atoms. The van der Waals surface area contributed by atoms with Gasteiger partial charge in [0.15, 0.2) is 0 Å². The molecule has 1 aliphatic carbocycles. The lowest BCUT2D eigenvalue weighted by Crippen LogP contribution is -2.44. The maximum atomic E-state index is 12.7. The van der Waals surface area contributed by atoms with Crippen LogP contribution in [0.5, 0.6) is 0 Å². The van der Waals surface area contributed by atoms with Gasteiger partial charge >= 0.3 is 6.09 Å². The highest BCUT2D eigenvalue weighted by Crippen LogP contribution is 2.60. The summed E-state index contributed by atoms with van der Waals surface area (Å²) in [6.45, 7) is 5.38. The monoisotopic (exact) mass is 393 g/mol. The fourth-order valence-corrected chi connectivity index (χ4v) is 4.38. The van der Waals surface area contributed by atoms with Crippen molar-refractivity contribution in [2.75, 3.05) is 0 Å². The molecule has 1 heterocycles. The third-order valence-corrected chi connectivity index (χ3v) is 5.71. The van der Waals surface area contributed by atoms with Gasteiger partial charge in [0.2, 0.25) is 0 Å². The highest BCUT2D eigenvalue weighted by Gasteiger charge is 2.67. The molecule has 0 bridgehead atoms. The zero-order valence-corrected chi connectivity index (χ0v) is 17.1. The van der Waals surface area contributed by atoms with Gasteiger partial charge in [-0.25, -0.2) is 9.69 Å². The van der Waals surface area contributed by atoms with E-state index >= 15 is 0 Å². The lowest BCUT2D eigenvalue weighted by Gasteiger charge is -2.27. The van der Waals surface area contributed by atoms with E-state index in [4.69, 9.17) is 17.0 Å². The Kier molecular flexibility index (Phi) is 4.38. The van der Waals surface area contributed by atoms with Crippen molar-refractivity contribution in [3.05, 3.63) is 60.2 Å². The van der Waals surface area contributed by atoms with Crippen molar-refractivity contribution >= 4 is 29.1 Å². The molecular weight excluding hydrogens is 370 g/mol. The van der Waals surface area contributed by atoms with E-state index in [0.29, 0.717) is 11.3 Å². The average Bonchev–Trinajstić information content (AvgIpc) is 3.28. The standard InChI is InChI=1S/C23H23NO3S/c1-22(2,3)27-21(26)24-20(25)19(28)14-23(24)13-18(23)17-11-9-16(10-12-17)15-7-5-4-6-8-15/h4-12,18H,13-14H2,1-3H3/t18-,23-/m1/s1. The Morgan fingerprint density at radius 2 is 1.68 bits per heavy atom. The van der Waals surface area contributed by atoms with E-state index in [9.17, 15) is 9.59 Å². The van der Waals surface area contributed by atoms with Crippen molar-refractivity contribution in [3.8, 4) is 11.1 Å². The van der Waals surface area contributed by atoms with E-state index in [1.807, 2.05) is 18.2 Å². The summed E-state index contributed by atoms with van der Waals surface area (Å²) in [7, 11) is 0. The zero-order chi connectivity index (χ0) is 20.1. The summed E-state index contributed by atoms with van der Waals surface area (Å²) in [4.78, 5) is 26.9. The molecular formula is C23H23NO3S. The molecule has 0 radical (unpaired) electrons. The summed E-state index contributed by atoms with van der Waals surface area (Å²) in [6, 6.07) is 18.5. The Labute approximate surface area is 170 Å². The summed E-state index contributed by atoms with van der Waals surface area (Å²) < 4.78 is 5.48. The summed E-state index contributed by atoms with van der Waals surface area (Å²) in [5.41, 5.74) is 2.19. The second-order valence-electron chi connectivity index (χ2n) is 8.57. The minimum Gasteiger partial charge on any atom is -0.443 e. The van der Waals surface area contributed by atoms with Crippen LogP contribution >= 0.6 is 12.2 Å². The Morgan fingerprint density at radius 3 is 2.29 bits per heavy atom. The number of ether oxygens (including phenoxy) is 1. The number of thiocarbonyl (C=S) groups is 1. The molecule has 2 aromatic rings. The van der Waals surface area contributed by atoms with E-state index in [2.05, 4.69) is 36.4 Å². The van der Waals surface area contributed by atoms with Crippen molar-refractivity contribution in [3.63, 3.8) is 0 Å². The molecule has 144 valence electrons. The van der Waals surface area contributed by atoms with Gasteiger partial charge in [-0.1, -0.05) is 66.8 Å². The zero-order valence-electron chi connectivity index (χ0n) is 16.3. The molecule has 4 nitrogen and oxygen atoms in total. The first kappa shape index (κ1) is 18.8. The van der Waals surface area contributed by atoms with E-state index in [1.165, 1.54) is 4.90 Å². The number of nitrogens with zero attached hydrogens (tertiary/aromatic N) is 1. The highest BCUT2D eigenvalue weighted by atomic mass is 32.1. The topological polar surface area (TPSA) is 46.6 Å². The van der Waals surface area contributed by atoms with Crippen LogP contribution in [0.4, 0.5) is 4.79 Å². The predicted octanol–water partition coefficient (Wildman–Crippen LogP) is 5.12. The van der Waals surface area contributed by atoms with Crippen molar-refractivity contribution in [1.29, 1.82) is 0 Å². The lowest BCUT2D eigenvalue weighted by atomic mass is 10.00.